The highest BCUT2D eigenvalue weighted by molar-refractivity contribution is 5.56. The fourth-order valence-corrected chi connectivity index (χ4v) is 2.41. The van der Waals surface area contributed by atoms with Gasteiger partial charge in [-0.2, -0.15) is 10.2 Å². The van der Waals surface area contributed by atoms with Gasteiger partial charge >= 0.3 is 0 Å². The number of azo groups is 1. The van der Waals surface area contributed by atoms with Crippen LogP contribution in [0.25, 0.3) is 0 Å². The molecule has 0 saturated heterocycles. The number of benzene rings is 1. The molecule has 0 bridgehead atoms. The number of aliphatic hydroxyl groups is 1. The van der Waals surface area contributed by atoms with E-state index in [4.69, 9.17) is 10.8 Å². The van der Waals surface area contributed by atoms with Crippen LogP contribution in [-0.4, -0.2) is 21.5 Å². The lowest BCUT2D eigenvalue weighted by Gasteiger charge is -2.03. The van der Waals surface area contributed by atoms with E-state index in [-0.39, 0.29) is 6.61 Å². The summed E-state index contributed by atoms with van der Waals surface area (Å²) in [5.74, 6) is 0.466. The quantitative estimate of drug-likeness (QED) is 0.535. The van der Waals surface area contributed by atoms with Gasteiger partial charge in [-0.1, -0.05) is 17.7 Å². The third kappa shape index (κ3) is 4.27. The minimum absolute atomic E-state index is 0.0988. The van der Waals surface area contributed by atoms with Crippen LogP contribution in [0, 0.1) is 6.92 Å². The zero-order chi connectivity index (χ0) is 17.6. The molecular weight excluding hydrogens is 316 g/mol. The summed E-state index contributed by atoms with van der Waals surface area (Å²) in [5, 5.41) is 21.7. The van der Waals surface area contributed by atoms with Gasteiger partial charge in [0.05, 0.1) is 18.4 Å². The number of rotatable bonds is 6. The highest BCUT2D eigenvalue weighted by Crippen LogP contribution is 2.24. The number of aliphatic hydroxyl groups excluding tert-OH is 1. The summed E-state index contributed by atoms with van der Waals surface area (Å²) in [7, 11) is 0. The Balaban J connectivity index is 1.74. The van der Waals surface area contributed by atoms with Crippen LogP contribution in [0.15, 0.2) is 65.2 Å². The van der Waals surface area contributed by atoms with Gasteiger partial charge in [0.2, 0.25) is 0 Å². The number of aryl methyl sites for hydroxylation is 1. The molecule has 1 aromatic carbocycles. The Morgan fingerprint density at radius 3 is 2.76 bits per heavy atom. The highest BCUT2D eigenvalue weighted by Gasteiger charge is 2.09. The van der Waals surface area contributed by atoms with Gasteiger partial charge in [0.1, 0.15) is 18.1 Å². The molecule has 25 heavy (non-hydrogen) atoms. The normalized spacial score (nSPS) is 11.3. The summed E-state index contributed by atoms with van der Waals surface area (Å²) < 4.78 is 3.61. The Hall–Kier alpha value is -3.06. The van der Waals surface area contributed by atoms with Crippen LogP contribution in [0.4, 0.5) is 17.2 Å². The lowest BCUT2D eigenvalue weighted by molar-refractivity contribution is -0.698. The van der Waals surface area contributed by atoms with Gasteiger partial charge in [0, 0.05) is 11.6 Å². The van der Waals surface area contributed by atoms with E-state index in [9.17, 15) is 0 Å². The van der Waals surface area contributed by atoms with E-state index in [1.54, 1.807) is 10.9 Å². The molecule has 128 valence electrons. The molecular formula is C18H21N6O+. The molecule has 0 radical (unpaired) electrons. The van der Waals surface area contributed by atoms with Gasteiger partial charge in [-0.25, -0.2) is 9.25 Å². The van der Waals surface area contributed by atoms with E-state index < -0.39 is 0 Å². The lowest BCUT2D eigenvalue weighted by atomic mass is 10.2. The average Bonchev–Trinajstić information content (AvgIpc) is 2.95. The van der Waals surface area contributed by atoms with Crippen molar-refractivity contribution in [1.29, 1.82) is 0 Å². The number of nitrogens with zero attached hydrogens (tertiary/aromatic N) is 5. The summed E-state index contributed by atoms with van der Waals surface area (Å²) >= 11 is 0. The topological polar surface area (TPSA) is 92.7 Å². The molecule has 0 aliphatic heterocycles. The Morgan fingerprint density at radius 1 is 1.20 bits per heavy atom. The zero-order valence-corrected chi connectivity index (χ0v) is 14.1. The number of aromatic nitrogens is 3. The SMILES string of the molecule is Cc1ccc(/N=N/c2cnn(Cc3ccc[n+](CCO)c3)c2N)cc1. The van der Waals surface area contributed by atoms with Crippen LogP contribution in [0.5, 0.6) is 0 Å². The van der Waals surface area contributed by atoms with Crippen molar-refractivity contribution in [1.82, 2.24) is 9.78 Å². The number of hydrogen-bond acceptors (Lipinski definition) is 5. The van der Waals surface area contributed by atoms with Crippen LogP contribution >= 0.6 is 0 Å². The maximum Gasteiger partial charge on any atom is 0.173 e. The van der Waals surface area contributed by atoms with Crippen LogP contribution in [0.2, 0.25) is 0 Å². The van der Waals surface area contributed by atoms with Crippen molar-refractivity contribution in [3.8, 4) is 0 Å². The second kappa shape index (κ2) is 7.67. The predicted octanol–water partition coefficient (Wildman–Crippen LogP) is 2.52. The highest BCUT2D eigenvalue weighted by atomic mass is 16.3. The summed E-state index contributed by atoms with van der Waals surface area (Å²) in [4.78, 5) is 0. The van der Waals surface area contributed by atoms with Crippen molar-refractivity contribution in [3.05, 3.63) is 66.1 Å². The van der Waals surface area contributed by atoms with Crippen molar-refractivity contribution in [2.75, 3.05) is 12.3 Å². The molecule has 0 aliphatic carbocycles. The van der Waals surface area contributed by atoms with E-state index >= 15 is 0 Å². The smallest absolute Gasteiger partial charge is 0.173 e. The van der Waals surface area contributed by atoms with Crippen molar-refractivity contribution < 1.29 is 9.67 Å². The first kappa shape index (κ1) is 16.8. The summed E-state index contributed by atoms with van der Waals surface area (Å²) in [5.41, 5.74) is 9.66. The first-order valence-electron chi connectivity index (χ1n) is 8.04. The van der Waals surface area contributed by atoms with Crippen molar-refractivity contribution in [3.63, 3.8) is 0 Å². The van der Waals surface area contributed by atoms with Gasteiger partial charge in [0.15, 0.2) is 18.9 Å². The molecule has 7 heteroatoms. The molecule has 2 heterocycles. The van der Waals surface area contributed by atoms with Crippen molar-refractivity contribution >= 4 is 17.2 Å². The van der Waals surface area contributed by atoms with E-state index in [0.29, 0.717) is 24.6 Å². The molecule has 7 nitrogen and oxygen atoms in total. The van der Waals surface area contributed by atoms with E-state index in [1.165, 1.54) is 5.56 Å². The minimum Gasteiger partial charge on any atom is -0.390 e. The van der Waals surface area contributed by atoms with Gasteiger partial charge in [-0.15, -0.1) is 5.11 Å². The van der Waals surface area contributed by atoms with E-state index in [2.05, 4.69) is 15.3 Å². The van der Waals surface area contributed by atoms with Crippen molar-refractivity contribution in [2.45, 2.75) is 20.0 Å². The Labute approximate surface area is 146 Å². The molecule has 0 saturated carbocycles. The number of pyridine rings is 1. The number of anilines is 1. The molecule has 3 aromatic rings. The van der Waals surface area contributed by atoms with Crippen LogP contribution in [0.1, 0.15) is 11.1 Å². The molecule has 2 aromatic heterocycles. The summed E-state index contributed by atoms with van der Waals surface area (Å²) in [6, 6.07) is 11.7. The van der Waals surface area contributed by atoms with Crippen LogP contribution in [-0.2, 0) is 13.1 Å². The minimum atomic E-state index is 0.0988. The standard InChI is InChI=1S/C18H21N6O/c1-14-4-6-16(7-5-14)21-22-17-11-20-24(18(17)19)13-15-3-2-8-23(12-15)9-10-25/h2-8,11-12,25H,9-10,13,19H2,1H3/q+1/b22-21+. The Kier molecular flexibility index (Phi) is 5.15. The molecule has 0 spiro atoms. The summed E-state index contributed by atoms with van der Waals surface area (Å²) in [6.07, 6.45) is 5.48. The Bertz CT molecular complexity index is 870. The fraction of sp³-hybridized carbons (Fsp3) is 0.222. The summed E-state index contributed by atoms with van der Waals surface area (Å²) in [6.45, 7) is 3.20. The molecule has 0 fully saturated rings. The zero-order valence-electron chi connectivity index (χ0n) is 14.1. The first-order valence-corrected chi connectivity index (χ1v) is 8.04. The molecule has 0 atom stereocenters. The number of nitrogen functional groups attached to an aromatic ring is 1. The largest absolute Gasteiger partial charge is 0.390 e. The number of nitrogens with two attached hydrogens (primary N) is 1. The van der Waals surface area contributed by atoms with Gasteiger partial charge in [-0.3, -0.25) is 0 Å². The van der Waals surface area contributed by atoms with E-state index in [0.717, 1.165) is 11.3 Å². The van der Waals surface area contributed by atoms with Crippen molar-refractivity contribution in [2.24, 2.45) is 10.2 Å². The monoisotopic (exact) mass is 337 g/mol. The Morgan fingerprint density at radius 2 is 2.00 bits per heavy atom. The molecule has 0 aliphatic rings. The van der Waals surface area contributed by atoms with E-state index in [1.807, 2.05) is 60.3 Å². The second-order valence-corrected chi connectivity index (χ2v) is 5.78. The first-order chi connectivity index (χ1) is 12.2. The molecule has 0 unspecified atom stereocenters. The van der Waals surface area contributed by atoms with Gasteiger partial charge in [0.25, 0.3) is 0 Å². The van der Waals surface area contributed by atoms with Crippen LogP contribution < -0.4 is 10.3 Å². The molecule has 3 N–H and O–H groups in total. The second-order valence-electron chi connectivity index (χ2n) is 5.78. The average molecular weight is 337 g/mol. The maximum absolute atomic E-state index is 9.03. The fourth-order valence-electron chi connectivity index (χ4n) is 2.41. The predicted molar refractivity (Wildman–Crippen MR) is 94.8 cm³/mol. The van der Waals surface area contributed by atoms with Gasteiger partial charge in [-0.05, 0) is 25.1 Å². The molecule has 3 rings (SSSR count). The molecule has 0 amide bonds. The lowest BCUT2D eigenvalue weighted by Crippen LogP contribution is -2.35. The van der Waals surface area contributed by atoms with Gasteiger partial charge < -0.3 is 10.8 Å². The third-order valence-electron chi connectivity index (χ3n) is 3.78. The number of hydrogen-bond donors (Lipinski definition) is 2. The van der Waals surface area contributed by atoms with Crippen LogP contribution in [0.3, 0.4) is 0 Å². The third-order valence-corrected chi connectivity index (χ3v) is 3.78. The maximum atomic E-state index is 9.03.